The van der Waals surface area contributed by atoms with Crippen molar-refractivity contribution >= 4 is 23.9 Å². The topological polar surface area (TPSA) is 118 Å². The predicted octanol–water partition coefficient (Wildman–Crippen LogP) is 1.74. The SMILES string of the molecule is CC(=O)OCc1cnc(COC(=O)C(F)(F)F)c(OC(C)=O)c1COC(C)=O. The van der Waals surface area contributed by atoms with Gasteiger partial charge in [-0.3, -0.25) is 19.4 Å². The predicted molar refractivity (Wildman–Crippen MR) is 82.3 cm³/mol. The standard InChI is InChI=1S/C16H16F3NO8/c1-8(21)25-5-11-4-20-13(7-27-15(24)16(17,18)19)14(28-10(3)23)12(11)6-26-9(2)22/h4H,5-7H2,1-3H3. The molecule has 0 saturated heterocycles. The van der Waals surface area contributed by atoms with Gasteiger partial charge in [0.05, 0.1) is 0 Å². The van der Waals surface area contributed by atoms with Crippen LogP contribution in [0.5, 0.6) is 5.75 Å². The number of halogens is 3. The molecular formula is C16H16F3NO8. The summed E-state index contributed by atoms with van der Waals surface area (Å²) in [4.78, 5) is 48.2. The second-order valence-corrected chi connectivity index (χ2v) is 5.27. The van der Waals surface area contributed by atoms with Crippen LogP contribution in [0.1, 0.15) is 37.6 Å². The molecule has 0 amide bonds. The quantitative estimate of drug-likeness (QED) is 0.492. The minimum absolute atomic E-state index is 0.0136. The third-order valence-corrected chi connectivity index (χ3v) is 2.97. The zero-order valence-corrected chi connectivity index (χ0v) is 15.0. The van der Waals surface area contributed by atoms with E-state index >= 15 is 0 Å². The van der Waals surface area contributed by atoms with Crippen LogP contribution in [0.15, 0.2) is 6.20 Å². The van der Waals surface area contributed by atoms with Crippen LogP contribution in [0.25, 0.3) is 0 Å². The molecule has 0 bridgehead atoms. The fraction of sp³-hybridized carbons (Fsp3) is 0.438. The van der Waals surface area contributed by atoms with Crippen molar-refractivity contribution in [2.75, 3.05) is 0 Å². The van der Waals surface area contributed by atoms with Crippen LogP contribution in [0, 0.1) is 0 Å². The van der Waals surface area contributed by atoms with Gasteiger partial charge < -0.3 is 18.9 Å². The highest BCUT2D eigenvalue weighted by atomic mass is 19.4. The maximum absolute atomic E-state index is 12.3. The first-order valence-corrected chi connectivity index (χ1v) is 7.60. The number of aromatic nitrogens is 1. The molecule has 0 aromatic carbocycles. The molecule has 0 aliphatic heterocycles. The average Bonchev–Trinajstić information content (AvgIpc) is 2.55. The fourth-order valence-electron chi connectivity index (χ4n) is 1.83. The van der Waals surface area contributed by atoms with Crippen LogP contribution in [0.2, 0.25) is 0 Å². The molecule has 1 aromatic heterocycles. The number of hydrogen-bond acceptors (Lipinski definition) is 9. The summed E-state index contributed by atoms with van der Waals surface area (Å²) >= 11 is 0. The maximum Gasteiger partial charge on any atom is 0.490 e. The lowest BCUT2D eigenvalue weighted by atomic mass is 10.1. The molecule has 1 heterocycles. The van der Waals surface area contributed by atoms with Gasteiger partial charge in [-0.15, -0.1) is 0 Å². The first-order chi connectivity index (χ1) is 12.9. The van der Waals surface area contributed by atoms with Crippen LogP contribution in [0.4, 0.5) is 13.2 Å². The Labute approximate surface area is 156 Å². The Morgan fingerprint density at radius 1 is 0.893 bits per heavy atom. The zero-order chi connectivity index (χ0) is 21.5. The Morgan fingerprint density at radius 3 is 1.96 bits per heavy atom. The van der Waals surface area contributed by atoms with Gasteiger partial charge in [0.15, 0.2) is 5.75 Å². The van der Waals surface area contributed by atoms with Crippen molar-refractivity contribution in [3.63, 3.8) is 0 Å². The fourth-order valence-corrected chi connectivity index (χ4v) is 1.83. The third kappa shape index (κ3) is 7.21. The Morgan fingerprint density at radius 2 is 1.46 bits per heavy atom. The number of esters is 4. The van der Waals surface area contributed by atoms with Crippen molar-refractivity contribution < 1.29 is 51.3 Å². The highest BCUT2D eigenvalue weighted by Gasteiger charge is 2.41. The van der Waals surface area contributed by atoms with Gasteiger partial charge in [-0.1, -0.05) is 0 Å². The molecule has 9 nitrogen and oxygen atoms in total. The van der Waals surface area contributed by atoms with Crippen molar-refractivity contribution in [3.8, 4) is 5.75 Å². The molecule has 0 N–H and O–H groups in total. The molecule has 154 valence electrons. The van der Waals surface area contributed by atoms with E-state index in [0.717, 1.165) is 27.0 Å². The van der Waals surface area contributed by atoms with Crippen LogP contribution >= 0.6 is 0 Å². The van der Waals surface area contributed by atoms with Crippen molar-refractivity contribution in [3.05, 3.63) is 23.0 Å². The van der Waals surface area contributed by atoms with Gasteiger partial charge in [0.1, 0.15) is 25.5 Å². The highest BCUT2D eigenvalue weighted by Crippen LogP contribution is 2.29. The molecule has 0 fully saturated rings. The van der Waals surface area contributed by atoms with Gasteiger partial charge in [-0.2, -0.15) is 13.2 Å². The molecule has 0 radical (unpaired) electrons. The van der Waals surface area contributed by atoms with Crippen LogP contribution in [-0.2, 0) is 53.2 Å². The van der Waals surface area contributed by atoms with Gasteiger partial charge in [0.25, 0.3) is 0 Å². The van der Waals surface area contributed by atoms with E-state index < -0.39 is 43.3 Å². The number of pyridine rings is 1. The molecule has 1 rings (SSSR count). The summed E-state index contributed by atoms with van der Waals surface area (Å²) in [6.45, 7) is 1.48. The molecule has 0 aliphatic rings. The number of carbonyl (C=O) groups excluding carboxylic acids is 4. The lowest BCUT2D eigenvalue weighted by Crippen LogP contribution is -2.25. The summed E-state index contributed by atoms with van der Waals surface area (Å²) in [5.41, 5.74) is -0.153. The van der Waals surface area contributed by atoms with Gasteiger partial charge >= 0.3 is 30.1 Å². The molecule has 0 saturated carbocycles. The van der Waals surface area contributed by atoms with Gasteiger partial charge in [0.2, 0.25) is 0 Å². The smallest absolute Gasteiger partial charge is 0.461 e. The number of alkyl halides is 3. The van der Waals surface area contributed by atoms with E-state index in [9.17, 15) is 32.3 Å². The summed E-state index contributed by atoms with van der Waals surface area (Å²) < 4.78 is 55.7. The Hall–Kier alpha value is -3.18. The molecule has 1 aromatic rings. The Kier molecular flexibility index (Phi) is 7.89. The van der Waals surface area contributed by atoms with Crippen LogP contribution in [0.3, 0.4) is 0 Å². The molecule has 28 heavy (non-hydrogen) atoms. The molecular weight excluding hydrogens is 391 g/mol. The zero-order valence-electron chi connectivity index (χ0n) is 15.0. The highest BCUT2D eigenvalue weighted by molar-refractivity contribution is 5.75. The van der Waals surface area contributed by atoms with E-state index in [-0.39, 0.29) is 29.2 Å². The molecule has 0 unspecified atom stereocenters. The number of rotatable bonds is 7. The summed E-state index contributed by atoms with van der Waals surface area (Å²) in [5, 5.41) is 0. The normalized spacial score (nSPS) is 10.8. The Balaban J connectivity index is 3.31. The van der Waals surface area contributed by atoms with E-state index in [4.69, 9.17) is 14.2 Å². The number of ether oxygens (including phenoxy) is 4. The van der Waals surface area contributed by atoms with Crippen LogP contribution < -0.4 is 4.74 Å². The number of hydrogen-bond donors (Lipinski definition) is 0. The van der Waals surface area contributed by atoms with E-state index in [1.54, 1.807) is 0 Å². The third-order valence-electron chi connectivity index (χ3n) is 2.97. The first kappa shape index (κ1) is 22.9. The monoisotopic (exact) mass is 407 g/mol. The van der Waals surface area contributed by atoms with E-state index in [1.807, 2.05) is 0 Å². The van der Waals surface area contributed by atoms with Crippen molar-refractivity contribution in [2.45, 2.75) is 46.8 Å². The minimum Gasteiger partial charge on any atom is -0.461 e. The second-order valence-electron chi connectivity index (χ2n) is 5.27. The molecule has 0 atom stereocenters. The molecule has 0 aliphatic carbocycles. The largest absolute Gasteiger partial charge is 0.490 e. The van der Waals surface area contributed by atoms with Gasteiger partial charge in [0, 0.05) is 38.1 Å². The number of carbonyl (C=O) groups is 4. The van der Waals surface area contributed by atoms with Crippen molar-refractivity contribution in [1.29, 1.82) is 0 Å². The van der Waals surface area contributed by atoms with Crippen molar-refractivity contribution in [2.24, 2.45) is 0 Å². The summed E-state index contributed by atoms with van der Waals surface area (Å²) in [6, 6.07) is 0. The summed E-state index contributed by atoms with van der Waals surface area (Å²) in [6.07, 6.45) is -4.12. The summed E-state index contributed by atoms with van der Waals surface area (Å²) in [7, 11) is 0. The second kappa shape index (κ2) is 9.67. The lowest BCUT2D eigenvalue weighted by molar-refractivity contribution is -0.201. The van der Waals surface area contributed by atoms with E-state index in [0.29, 0.717) is 0 Å². The van der Waals surface area contributed by atoms with E-state index in [2.05, 4.69) is 9.72 Å². The maximum atomic E-state index is 12.3. The van der Waals surface area contributed by atoms with Crippen LogP contribution in [-0.4, -0.2) is 35.0 Å². The average molecular weight is 407 g/mol. The summed E-state index contributed by atoms with van der Waals surface area (Å²) in [5.74, 6) is -5.04. The molecule has 0 spiro atoms. The Bertz CT molecular complexity index is 776. The van der Waals surface area contributed by atoms with Gasteiger partial charge in [-0.05, 0) is 0 Å². The van der Waals surface area contributed by atoms with E-state index in [1.165, 1.54) is 0 Å². The lowest BCUT2D eigenvalue weighted by Gasteiger charge is -2.17. The van der Waals surface area contributed by atoms with Crippen molar-refractivity contribution in [1.82, 2.24) is 4.98 Å². The first-order valence-electron chi connectivity index (χ1n) is 7.60. The number of nitrogens with zero attached hydrogens (tertiary/aromatic N) is 1. The van der Waals surface area contributed by atoms with Gasteiger partial charge in [-0.25, -0.2) is 4.79 Å². The minimum atomic E-state index is -5.22. The molecule has 12 heteroatoms.